The van der Waals surface area contributed by atoms with Gasteiger partial charge in [0.15, 0.2) is 0 Å². The molecule has 1 unspecified atom stereocenters. The number of halogens is 2. The molecule has 0 saturated carbocycles. The first-order chi connectivity index (χ1) is 8.56. The van der Waals surface area contributed by atoms with Gasteiger partial charge in [-0.3, -0.25) is 4.98 Å². The number of hydrogen-bond donors (Lipinski definition) is 1. The molecule has 1 aromatic heterocycles. The molecular formula is C14H14BrFN2. The van der Waals surface area contributed by atoms with Gasteiger partial charge in [-0.05, 0) is 52.2 Å². The fourth-order valence-corrected chi connectivity index (χ4v) is 2.10. The molecule has 0 aliphatic rings. The molecule has 0 aliphatic carbocycles. The van der Waals surface area contributed by atoms with Crippen LogP contribution < -0.4 is 5.73 Å². The Labute approximate surface area is 114 Å². The minimum absolute atomic E-state index is 0.183. The van der Waals surface area contributed by atoms with Crippen molar-refractivity contribution >= 4 is 15.9 Å². The summed E-state index contributed by atoms with van der Waals surface area (Å²) in [5.41, 5.74) is 9.06. The summed E-state index contributed by atoms with van der Waals surface area (Å²) in [6.07, 6.45) is 2.46. The predicted molar refractivity (Wildman–Crippen MR) is 73.7 cm³/mol. The molecule has 2 N–H and O–H groups in total. The highest BCUT2D eigenvalue weighted by Gasteiger charge is 2.10. The summed E-state index contributed by atoms with van der Waals surface area (Å²) in [6, 6.07) is 8.63. The summed E-state index contributed by atoms with van der Waals surface area (Å²) in [4.78, 5) is 4.32. The molecule has 94 valence electrons. The first-order valence-corrected chi connectivity index (χ1v) is 6.47. The second kappa shape index (κ2) is 5.59. The van der Waals surface area contributed by atoms with Crippen molar-refractivity contribution < 1.29 is 4.39 Å². The van der Waals surface area contributed by atoms with Gasteiger partial charge in [0.05, 0.1) is 4.47 Å². The summed E-state index contributed by atoms with van der Waals surface area (Å²) in [7, 11) is 0. The van der Waals surface area contributed by atoms with Crippen LogP contribution in [0.5, 0.6) is 0 Å². The minimum Gasteiger partial charge on any atom is -0.324 e. The molecule has 0 amide bonds. The fraction of sp³-hybridized carbons (Fsp3) is 0.214. The Kier molecular flexibility index (Phi) is 4.09. The van der Waals surface area contributed by atoms with Gasteiger partial charge in [-0.2, -0.15) is 0 Å². The number of pyridine rings is 1. The maximum absolute atomic E-state index is 13.1. The standard InChI is InChI=1S/C14H14BrFN2/c1-9-2-4-11(18-8-9)7-14(17)10-3-5-13(16)12(15)6-10/h2-6,8,14H,7,17H2,1H3. The normalized spacial score (nSPS) is 12.4. The molecule has 1 atom stereocenters. The van der Waals surface area contributed by atoms with E-state index >= 15 is 0 Å². The molecule has 2 aromatic rings. The van der Waals surface area contributed by atoms with Gasteiger partial charge in [0.2, 0.25) is 0 Å². The number of nitrogens with zero attached hydrogens (tertiary/aromatic N) is 1. The Balaban J connectivity index is 2.13. The van der Waals surface area contributed by atoms with Gasteiger partial charge in [0.25, 0.3) is 0 Å². The van der Waals surface area contributed by atoms with Crippen molar-refractivity contribution in [1.29, 1.82) is 0 Å². The third kappa shape index (κ3) is 3.15. The van der Waals surface area contributed by atoms with Crippen LogP contribution in [0, 0.1) is 12.7 Å². The topological polar surface area (TPSA) is 38.9 Å². The zero-order chi connectivity index (χ0) is 13.1. The Morgan fingerprint density at radius 1 is 1.33 bits per heavy atom. The van der Waals surface area contributed by atoms with Gasteiger partial charge in [-0.25, -0.2) is 4.39 Å². The molecule has 0 aliphatic heterocycles. The smallest absolute Gasteiger partial charge is 0.137 e. The molecule has 18 heavy (non-hydrogen) atoms. The average Bonchev–Trinajstić information content (AvgIpc) is 2.35. The predicted octanol–water partition coefficient (Wildman–Crippen LogP) is 3.53. The van der Waals surface area contributed by atoms with Crippen LogP contribution in [0.4, 0.5) is 4.39 Å². The molecule has 0 spiro atoms. The molecule has 0 saturated heterocycles. The lowest BCUT2D eigenvalue weighted by Gasteiger charge is -2.12. The Bertz CT molecular complexity index is 540. The van der Waals surface area contributed by atoms with E-state index in [1.165, 1.54) is 6.07 Å². The summed E-state index contributed by atoms with van der Waals surface area (Å²) in [6.45, 7) is 1.99. The molecule has 2 rings (SSSR count). The molecule has 0 radical (unpaired) electrons. The monoisotopic (exact) mass is 308 g/mol. The van der Waals surface area contributed by atoms with Crippen LogP contribution in [-0.2, 0) is 6.42 Å². The quantitative estimate of drug-likeness (QED) is 0.942. The molecule has 0 fully saturated rings. The number of aromatic nitrogens is 1. The van der Waals surface area contributed by atoms with Crippen molar-refractivity contribution in [2.24, 2.45) is 5.73 Å². The third-order valence-electron chi connectivity index (χ3n) is 2.77. The second-order valence-corrected chi connectivity index (χ2v) is 5.17. The zero-order valence-corrected chi connectivity index (χ0v) is 11.6. The van der Waals surface area contributed by atoms with Gasteiger partial charge >= 0.3 is 0 Å². The van der Waals surface area contributed by atoms with Gasteiger partial charge in [-0.1, -0.05) is 12.1 Å². The van der Waals surface area contributed by atoms with Crippen molar-refractivity contribution in [3.05, 3.63) is 63.6 Å². The number of benzene rings is 1. The fourth-order valence-electron chi connectivity index (χ4n) is 1.71. The van der Waals surface area contributed by atoms with Crippen molar-refractivity contribution in [1.82, 2.24) is 4.98 Å². The van der Waals surface area contributed by atoms with Crippen molar-refractivity contribution in [3.63, 3.8) is 0 Å². The van der Waals surface area contributed by atoms with Crippen LogP contribution in [-0.4, -0.2) is 4.98 Å². The van der Waals surface area contributed by atoms with E-state index in [1.807, 2.05) is 25.3 Å². The molecule has 4 heteroatoms. The lowest BCUT2D eigenvalue weighted by molar-refractivity contribution is 0.617. The Morgan fingerprint density at radius 2 is 2.11 bits per heavy atom. The Hall–Kier alpha value is -1.26. The van der Waals surface area contributed by atoms with Crippen LogP contribution in [0.3, 0.4) is 0 Å². The number of hydrogen-bond acceptors (Lipinski definition) is 2. The zero-order valence-electron chi connectivity index (χ0n) is 10.0. The van der Waals surface area contributed by atoms with E-state index in [0.717, 1.165) is 16.8 Å². The average molecular weight is 309 g/mol. The summed E-state index contributed by atoms with van der Waals surface area (Å²) in [5, 5.41) is 0. The van der Waals surface area contributed by atoms with Crippen LogP contribution in [0.1, 0.15) is 22.9 Å². The molecule has 2 nitrogen and oxygen atoms in total. The van der Waals surface area contributed by atoms with Gasteiger partial charge in [-0.15, -0.1) is 0 Å². The minimum atomic E-state index is -0.278. The van der Waals surface area contributed by atoms with Crippen molar-refractivity contribution in [2.45, 2.75) is 19.4 Å². The first kappa shape index (κ1) is 13.2. The highest BCUT2D eigenvalue weighted by Crippen LogP contribution is 2.22. The van der Waals surface area contributed by atoms with E-state index in [-0.39, 0.29) is 11.9 Å². The summed E-state index contributed by atoms with van der Waals surface area (Å²) >= 11 is 3.16. The molecule has 1 aromatic carbocycles. The molecule has 1 heterocycles. The highest BCUT2D eigenvalue weighted by molar-refractivity contribution is 9.10. The SMILES string of the molecule is Cc1ccc(CC(N)c2ccc(F)c(Br)c2)nc1. The highest BCUT2D eigenvalue weighted by atomic mass is 79.9. The molecule has 0 bridgehead atoms. The third-order valence-corrected chi connectivity index (χ3v) is 3.38. The van der Waals surface area contributed by atoms with E-state index < -0.39 is 0 Å². The summed E-state index contributed by atoms with van der Waals surface area (Å²) < 4.78 is 13.6. The van der Waals surface area contributed by atoms with Crippen molar-refractivity contribution in [2.75, 3.05) is 0 Å². The van der Waals surface area contributed by atoms with E-state index in [0.29, 0.717) is 10.9 Å². The van der Waals surface area contributed by atoms with Gasteiger partial charge in [0, 0.05) is 24.4 Å². The lowest BCUT2D eigenvalue weighted by atomic mass is 10.0. The van der Waals surface area contributed by atoms with E-state index in [2.05, 4.69) is 20.9 Å². The van der Waals surface area contributed by atoms with Crippen LogP contribution in [0.2, 0.25) is 0 Å². The number of rotatable bonds is 3. The first-order valence-electron chi connectivity index (χ1n) is 5.68. The van der Waals surface area contributed by atoms with E-state index in [1.54, 1.807) is 12.1 Å². The van der Waals surface area contributed by atoms with E-state index in [4.69, 9.17) is 5.73 Å². The maximum atomic E-state index is 13.1. The van der Waals surface area contributed by atoms with Crippen molar-refractivity contribution in [3.8, 4) is 0 Å². The van der Waals surface area contributed by atoms with Gasteiger partial charge in [0.1, 0.15) is 5.82 Å². The number of nitrogens with two attached hydrogens (primary N) is 1. The summed E-state index contributed by atoms with van der Waals surface area (Å²) in [5.74, 6) is -0.278. The number of aryl methyl sites for hydroxylation is 1. The van der Waals surface area contributed by atoms with Crippen LogP contribution in [0.25, 0.3) is 0 Å². The lowest BCUT2D eigenvalue weighted by Crippen LogP contribution is -2.14. The van der Waals surface area contributed by atoms with Crippen LogP contribution in [0.15, 0.2) is 41.0 Å². The maximum Gasteiger partial charge on any atom is 0.137 e. The van der Waals surface area contributed by atoms with E-state index in [9.17, 15) is 4.39 Å². The van der Waals surface area contributed by atoms with Gasteiger partial charge < -0.3 is 5.73 Å². The van der Waals surface area contributed by atoms with Crippen LogP contribution >= 0.6 is 15.9 Å². The molecular weight excluding hydrogens is 295 g/mol. The second-order valence-electron chi connectivity index (χ2n) is 4.31. The largest absolute Gasteiger partial charge is 0.324 e. The Morgan fingerprint density at radius 3 is 2.72 bits per heavy atom.